The summed E-state index contributed by atoms with van der Waals surface area (Å²) in [4.78, 5) is 2.12. The molecule has 1 aromatic rings. The van der Waals surface area contributed by atoms with Crippen LogP contribution in [0, 0.1) is 0 Å². The van der Waals surface area contributed by atoms with E-state index < -0.39 is 0 Å². The summed E-state index contributed by atoms with van der Waals surface area (Å²) in [6.45, 7) is 2.12. The van der Waals surface area contributed by atoms with Crippen LogP contribution in [0.15, 0.2) is 30.3 Å². The SMILES string of the molecule is OC1CC[C@H](O)CN(Cc2ccccc2)C1. The first kappa shape index (κ1) is 11.6. The maximum atomic E-state index is 9.70. The van der Waals surface area contributed by atoms with Crippen molar-refractivity contribution in [2.45, 2.75) is 31.6 Å². The maximum Gasteiger partial charge on any atom is 0.0668 e. The summed E-state index contributed by atoms with van der Waals surface area (Å²) in [6, 6.07) is 10.2. The Morgan fingerprint density at radius 1 is 1.00 bits per heavy atom. The fraction of sp³-hybridized carbons (Fsp3) is 0.538. The molecular weight excluding hydrogens is 202 g/mol. The molecule has 3 nitrogen and oxygen atoms in total. The van der Waals surface area contributed by atoms with Crippen molar-refractivity contribution in [1.82, 2.24) is 4.90 Å². The molecule has 0 spiro atoms. The Bertz CT molecular complexity index is 303. The Balaban J connectivity index is 1.97. The molecule has 0 amide bonds. The number of rotatable bonds is 2. The number of hydrogen-bond acceptors (Lipinski definition) is 3. The van der Waals surface area contributed by atoms with Crippen molar-refractivity contribution in [3.63, 3.8) is 0 Å². The summed E-state index contributed by atoms with van der Waals surface area (Å²) in [6.07, 6.45) is 0.792. The lowest BCUT2D eigenvalue weighted by atomic mass is 10.1. The van der Waals surface area contributed by atoms with Gasteiger partial charge in [0.25, 0.3) is 0 Å². The Kier molecular flexibility index (Phi) is 3.93. The van der Waals surface area contributed by atoms with Crippen molar-refractivity contribution < 1.29 is 10.2 Å². The van der Waals surface area contributed by atoms with Crippen molar-refractivity contribution in [2.75, 3.05) is 13.1 Å². The summed E-state index contributed by atoms with van der Waals surface area (Å²) in [5.74, 6) is 0. The molecule has 0 bridgehead atoms. The molecule has 0 aromatic heterocycles. The van der Waals surface area contributed by atoms with Gasteiger partial charge in [-0.3, -0.25) is 4.90 Å². The Morgan fingerprint density at radius 2 is 1.56 bits per heavy atom. The van der Waals surface area contributed by atoms with E-state index in [9.17, 15) is 10.2 Å². The lowest BCUT2D eigenvalue weighted by Crippen LogP contribution is -2.33. The average molecular weight is 221 g/mol. The first-order valence-electron chi connectivity index (χ1n) is 5.86. The molecule has 0 radical (unpaired) electrons. The topological polar surface area (TPSA) is 43.7 Å². The van der Waals surface area contributed by atoms with E-state index in [4.69, 9.17) is 0 Å². The molecule has 2 N–H and O–H groups in total. The summed E-state index contributed by atoms with van der Waals surface area (Å²) >= 11 is 0. The molecule has 1 aliphatic heterocycles. The second-order valence-corrected chi connectivity index (χ2v) is 4.56. The van der Waals surface area contributed by atoms with Gasteiger partial charge < -0.3 is 10.2 Å². The van der Waals surface area contributed by atoms with Crippen LogP contribution < -0.4 is 0 Å². The molecule has 1 saturated heterocycles. The molecule has 1 heterocycles. The minimum absolute atomic E-state index is 0.305. The number of nitrogens with zero attached hydrogens (tertiary/aromatic N) is 1. The van der Waals surface area contributed by atoms with Crippen LogP contribution in [0.25, 0.3) is 0 Å². The van der Waals surface area contributed by atoms with Crippen molar-refractivity contribution >= 4 is 0 Å². The summed E-state index contributed by atoms with van der Waals surface area (Å²) < 4.78 is 0. The van der Waals surface area contributed by atoms with E-state index in [0.29, 0.717) is 25.9 Å². The van der Waals surface area contributed by atoms with Crippen LogP contribution in [0.4, 0.5) is 0 Å². The monoisotopic (exact) mass is 221 g/mol. The Morgan fingerprint density at radius 3 is 2.12 bits per heavy atom. The zero-order chi connectivity index (χ0) is 11.4. The summed E-state index contributed by atoms with van der Waals surface area (Å²) in [5.41, 5.74) is 1.23. The standard InChI is InChI=1S/C13H19NO2/c15-12-6-7-13(16)10-14(9-12)8-11-4-2-1-3-5-11/h1-5,12-13,15-16H,6-10H2/t12-,13?/m0/s1. The van der Waals surface area contributed by atoms with Crippen LogP contribution >= 0.6 is 0 Å². The van der Waals surface area contributed by atoms with E-state index in [-0.39, 0.29) is 12.2 Å². The van der Waals surface area contributed by atoms with E-state index in [1.54, 1.807) is 0 Å². The lowest BCUT2D eigenvalue weighted by molar-refractivity contribution is 0.103. The fourth-order valence-electron chi connectivity index (χ4n) is 2.21. The maximum absolute atomic E-state index is 9.70. The number of hydrogen-bond donors (Lipinski definition) is 2. The Hall–Kier alpha value is -0.900. The Labute approximate surface area is 96.3 Å². The highest BCUT2D eigenvalue weighted by atomic mass is 16.3. The molecule has 88 valence electrons. The van der Waals surface area contributed by atoms with Gasteiger partial charge in [0.1, 0.15) is 0 Å². The minimum Gasteiger partial charge on any atom is -0.392 e. The highest BCUT2D eigenvalue weighted by Gasteiger charge is 2.21. The van der Waals surface area contributed by atoms with Crippen molar-refractivity contribution in [2.24, 2.45) is 0 Å². The van der Waals surface area contributed by atoms with E-state index >= 15 is 0 Å². The fourth-order valence-corrected chi connectivity index (χ4v) is 2.21. The average Bonchev–Trinajstić information content (AvgIpc) is 2.42. The highest BCUT2D eigenvalue weighted by molar-refractivity contribution is 5.14. The van der Waals surface area contributed by atoms with E-state index in [0.717, 1.165) is 6.54 Å². The largest absolute Gasteiger partial charge is 0.392 e. The third kappa shape index (κ3) is 3.30. The zero-order valence-electron chi connectivity index (χ0n) is 9.42. The number of aliphatic hydroxyl groups is 2. The molecule has 1 aliphatic rings. The predicted octanol–water partition coefficient (Wildman–Crippen LogP) is 1.00. The zero-order valence-corrected chi connectivity index (χ0v) is 9.42. The lowest BCUT2D eigenvalue weighted by Gasteiger charge is -2.23. The molecule has 1 fully saturated rings. The van der Waals surface area contributed by atoms with Crippen LogP contribution in [-0.2, 0) is 6.54 Å². The van der Waals surface area contributed by atoms with Gasteiger partial charge in [0.15, 0.2) is 0 Å². The van der Waals surface area contributed by atoms with Gasteiger partial charge in [-0.25, -0.2) is 0 Å². The van der Waals surface area contributed by atoms with Gasteiger partial charge in [0.2, 0.25) is 0 Å². The van der Waals surface area contributed by atoms with Gasteiger partial charge in [-0.1, -0.05) is 30.3 Å². The molecule has 16 heavy (non-hydrogen) atoms. The van der Waals surface area contributed by atoms with E-state index in [1.165, 1.54) is 5.56 Å². The normalized spacial score (nSPS) is 27.6. The number of benzene rings is 1. The highest BCUT2D eigenvalue weighted by Crippen LogP contribution is 2.14. The van der Waals surface area contributed by atoms with Gasteiger partial charge in [-0.15, -0.1) is 0 Å². The molecule has 1 unspecified atom stereocenters. The molecule has 0 aliphatic carbocycles. The van der Waals surface area contributed by atoms with Gasteiger partial charge in [0.05, 0.1) is 12.2 Å². The van der Waals surface area contributed by atoms with Crippen molar-refractivity contribution in [3.8, 4) is 0 Å². The van der Waals surface area contributed by atoms with Gasteiger partial charge >= 0.3 is 0 Å². The number of aliphatic hydroxyl groups excluding tert-OH is 2. The summed E-state index contributed by atoms with van der Waals surface area (Å²) in [5, 5.41) is 19.4. The van der Waals surface area contributed by atoms with E-state index in [1.807, 2.05) is 18.2 Å². The van der Waals surface area contributed by atoms with Crippen molar-refractivity contribution in [1.29, 1.82) is 0 Å². The van der Waals surface area contributed by atoms with Crippen LogP contribution in [0.3, 0.4) is 0 Å². The first-order valence-corrected chi connectivity index (χ1v) is 5.86. The predicted molar refractivity (Wildman–Crippen MR) is 63.0 cm³/mol. The minimum atomic E-state index is -0.305. The smallest absolute Gasteiger partial charge is 0.0668 e. The van der Waals surface area contributed by atoms with Gasteiger partial charge in [0, 0.05) is 19.6 Å². The van der Waals surface area contributed by atoms with Crippen molar-refractivity contribution in [3.05, 3.63) is 35.9 Å². The number of likely N-dealkylation sites (tertiary alicyclic amines) is 1. The van der Waals surface area contributed by atoms with Crippen LogP contribution in [0.5, 0.6) is 0 Å². The van der Waals surface area contributed by atoms with E-state index in [2.05, 4.69) is 17.0 Å². The number of β-amino-alcohol motifs (C(OH)–C–C–N with tert-alkyl or cyclic N) is 2. The molecule has 0 saturated carbocycles. The molecule has 1 aromatic carbocycles. The third-order valence-electron chi connectivity index (χ3n) is 3.02. The van der Waals surface area contributed by atoms with Crippen LogP contribution in [-0.4, -0.2) is 40.4 Å². The molecule has 2 atom stereocenters. The molecular formula is C13H19NO2. The third-order valence-corrected chi connectivity index (χ3v) is 3.02. The van der Waals surface area contributed by atoms with Gasteiger partial charge in [-0.05, 0) is 18.4 Å². The quantitative estimate of drug-likeness (QED) is 0.783. The van der Waals surface area contributed by atoms with Gasteiger partial charge in [-0.2, -0.15) is 0 Å². The van der Waals surface area contributed by atoms with Crippen LogP contribution in [0.2, 0.25) is 0 Å². The summed E-state index contributed by atoms with van der Waals surface area (Å²) in [7, 11) is 0. The van der Waals surface area contributed by atoms with Crippen LogP contribution in [0.1, 0.15) is 18.4 Å². The molecule has 3 heteroatoms. The molecule has 2 rings (SSSR count). The second kappa shape index (κ2) is 5.43. The second-order valence-electron chi connectivity index (χ2n) is 4.56. The first-order chi connectivity index (χ1) is 7.74.